The molecule has 0 aliphatic carbocycles. The van der Waals surface area contributed by atoms with E-state index in [0.29, 0.717) is 16.7 Å². The molecule has 1 rings (SSSR count). The monoisotopic (exact) mass is 303 g/mol. The van der Waals surface area contributed by atoms with Crippen LogP contribution in [0.25, 0.3) is 0 Å². The molecule has 1 unspecified atom stereocenters. The molecular weight excluding hydrogens is 286 g/mol. The molecule has 96 valence electrons. The van der Waals surface area contributed by atoms with Crippen molar-refractivity contribution in [3.8, 4) is 0 Å². The first-order valence-electron chi connectivity index (χ1n) is 5.73. The lowest BCUT2D eigenvalue weighted by molar-refractivity contribution is 0.281. The Labute approximate surface area is 109 Å². The number of unbranched alkanes of at least 4 members (excludes halogenated alkanes) is 1. The number of aryl methyl sites for hydroxylation is 1. The van der Waals surface area contributed by atoms with Crippen LogP contribution in [-0.2, 0) is 6.54 Å². The van der Waals surface area contributed by atoms with Gasteiger partial charge in [-0.2, -0.15) is 5.10 Å². The van der Waals surface area contributed by atoms with E-state index in [1.54, 1.807) is 6.20 Å². The lowest BCUT2D eigenvalue weighted by Gasteiger charge is -2.14. The van der Waals surface area contributed by atoms with Crippen molar-refractivity contribution in [1.82, 2.24) is 9.78 Å². The van der Waals surface area contributed by atoms with E-state index in [2.05, 4.69) is 33.3 Å². The van der Waals surface area contributed by atoms with E-state index in [1.165, 1.54) is 4.68 Å². The van der Waals surface area contributed by atoms with E-state index in [9.17, 15) is 4.79 Å². The van der Waals surface area contributed by atoms with Crippen molar-refractivity contribution in [3.05, 3.63) is 21.0 Å². The van der Waals surface area contributed by atoms with Gasteiger partial charge in [0.05, 0.1) is 18.5 Å². The Bertz CT molecular complexity index is 420. The number of halogens is 1. The maximum absolute atomic E-state index is 11.9. The molecule has 0 radical (unpaired) electrons. The third kappa shape index (κ3) is 3.81. The summed E-state index contributed by atoms with van der Waals surface area (Å²) in [5.74, 6) is 0. The number of anilines is 1. The third-order valence-corrected chi connectivity index (χ3v) is 3.15. The Kier molecular flexibility index (Phi) is 5.64. The molecule has 1 aromatic heterocycles. The normalized spacial score (nSPS) is 12.5. The average molecular weight is 304 g/mol. The van der Waals surface area contributed by atoms with Gasteiger partial charge in [-0.1, -0.05) is 13.3 Å². The van der Waals surface area contributed by atoms with Gasteiger partial charge in [0.25, 0.3) is 5.56 Å². The van der Waals surface area contributed by atoms with Gasteiger partial charge in [0, 0.05) is 12.6 Å². The molecule has 0 aromatic carbocycles. The number of rotatable bonds is 6. The van der Waals surface area contributed by atoms with Crippen molar-refractivity contribution in [1.29, 1.82) is 0 Å². The fourth-order valence-electron chi connectivity index (χ4n) is 1.34. The number of hydrogen-bond donors (Lipinski definition) is 2. The summed E-state index contributed by atoms with van der Waals surface area (Å²) in [5.41, 5.74) is 0.470. The SMILES string of the molecule is CCCCn1ncc(NC(C)CO)c(Br)c1=O. The minimum absolute atomic E-state index is 0.00532. The molecule has 6 heteroatoms. The first kappa shape index (κ1) is 14.2. The zero-order valence-corrected chi connectivity index (χ0v) is 11.7. The molecule has 0 saturated heterocycles. The molecule has 0 fully saturated rings. The molecule has 1 atom stereocenters. The Morgan fingerprint density at radius 3 is 2.94 bits per heavy atom. The number of hydrogen-bond acceptors (Lipinski definition) is 4. The van der Waals surface area contributed by atoms with E-state index in [4.69, 9.17) is 5.11 Å². The van der Waals surface area contributed by atoms with Crippen LogP contribution in [0.4, 0.5) is 5.69 Å². The summed E-state index contributed by atoms with van der Waals surface area (Å²) in [4.78, 5) is 11.9. The van der Waals surface area contributed by atoms with Gasteiger partial charge in [0.1, 0.15) is 4.47 Å². The predicted octanol–water partition coefficient (Wildman–Crippen LogP) is 1.60. The molecule has 17 heavy (non-hydrogen) atoms. The summed E-state index contributed by atoms with van der Waals surface area (Å²) in [6.07, 6.45) is 3.56. The molecule has 0 saturated carbocycles. The number of nitrogens with one attached hydrogen (secondary N) is 1. The van der Waals surface area contributed by atoms with Gasteiger partial charge in [0.15, 0.2) is 0 Å². The molecule has 1 heterocycles. The van der Waals surface area contributed by atoms with Gasteiger partial charge in [-0.15, -0.1) is 0 Å². The van der Waals surface area contributed by atoms with Crippen LogP contribution < -0.4 is 10.9 Å². The second-order valence-corrected chi connectivity index (χ2v) is 4.78. The van der Waals surface area contributed by atoms with Crippen LogP contribution in [0.2, 0.25) is 0 Å². The zero-order chi connectivity index (χ0) is 12.8. The van der Waals surface area contributed by atoms with E-state index < -0.39 is 0 Å². The van der Waals surface area contributed by atoms with Crippen molar-refractivity contribution in [2.75, 3.05) is 11.9 Å². The first-order valence-corrected chi connectivity index (χ1v) is 6.52. The quantitative estimate of drug-likeness (QED) is 0.838. The van der Waals surface area contributed by atoms with Gasteiger partial charge in [-0.25, -0.2) is 4.68 Å². The topological polar surface area (TPSA) is 67.2 Å². The molecule has 2 N–H and O–H groups in total. The van der Waals surface area contributed by atoms with Crippen molar-refractivity contribution in [2.24, 2.45) is 0 Å². The molecular formula is C11H18BrN3O2. The third-order valence-electron chi connectivity index (χ3n) is 2.38. The summed E-state index contributed by atoms with van der Waals surface area (Å²) in [6, 6.07) is -0.112. The maximum atomic E-state index is 11.9. The Hall–Kier alpha value is -0.880. The lowest BCUT2D eigenvalue weighted by atomic mass is 10.3. The average Bonchev–Trinajstić information content (AvgIpc) is 2.34. The maximum Gasteiger partial charge on any atom is 0.283 e. The van der Waals surface area contributed by atoms with Crippen molar-refractivity contribution < 1.29 is 5.11 Å². The standard InChI is InChI=1S/C11H18BrN3O2/c1-3-4-5-15-11(17)10(12)9(6-13-15)14-8(2)7-16/h6,8,14,16H,3-5,7H2,1-2H3. The molecule has 0 spiro atoms. The minimum atomic E-state index is -0.145. The highest BCUT2D eigenvalue weighted by atomic mass is 79.9. The smallest absolute Gasteiger partial charge is 0.283 e. The predicted molar refractivity (Wildman–Crippen MR) is 71.3 cm³/mol. The van der Waals surface area contributed by atoms with Crippen LogP contribution in [0.3, 0.4) is 0 Å². The number of aliphatic hydroxyl groups excluding tert-OH is 1. The van der Waals surface area contributed by atoms with Gasteiger partial charge in [-0.05, 0) is 29.3 Å². The van der Waals surface area contributed by atoms with Crippen LogP contribution in [-0.4, -0.2) is 27.5 Å². The second kappa shape index (κ2) is 6.76. The van der Waals surface area contributed by atoms with Crippen molar-refractivity contribution in [2.45, 2.75) is 39.3 Å². The zero-order valence-electron chi connectivity index (χ0n) is 10.1. The molecule has 1 aromatic rings. The van der Waals surface area contributed by atoms with Crippen LogP contribution in [0.1, 0.15) is 26.7 Å². The summed E-state index contributed by atoms with van der Waals surface area (Å²) in [6.45, 7) is 4.53. The summed E-state index contributed by atoms with van der Waals surface area (Å²) in [7, 11) is 0. The van der Waals surface area contributed by atoms with Crippen molar-refractivity contribution >= 4 is 21.6 Å². The fourth-order valence-corrected chi connectivity index (χ4v) is 1.77. The number of aliphatic hydroxyl groups is 1. The van der Waals surface area contributed by atoms with Crippen LogP contribution >= 0.6 is 15.9 Å². The number of nitrogens with zero attached hydrogens (tertiary/aromatic N) is 2. The summed E-state index contributed by atoms with van der Waals surface area (Å²) < 4.78 is 1.91. The van der Waals surface area contributed by atoms with E-state index in [0.717, 1.165) is 12.8 Å². The van der Waals surface area contributed by atoms with E-state index in [1.807, 2.05) is 6.92 Å². The van der Waals surface area contributed by atoms with E-state index in [-0.39, 0.29) is 18.2 Å². The highest BCUT2D eigenvalue weighted by molar-refractivity contribution is 9.10. The van der Waals surface area contributed by atoms with Crippen LogP contribution in [0.15, 0.2) is 15.5 Å². The van der Waals surface area contributed by atoms with Crippen LogP contribution in [0.5, 0.6) is 0 Å². The number of aromatic nitrogens is 2. The second-order valence-electron chi connectivity index (χ2n) is 3.98. The lowest BCUT2D eigenvalue weighted by Crippen LogP contribution is -2.27. The van der Waals surface area contributed by atoms with Crippen molar-refractivity contribution in [3.63, 3.8) is 0 Å². The molecule has 0 amide bonds. The molecule has 0 bridgehead atoms. The van der Waals surface area contributed by atoms with Crippen LogP contribution in [0, 0.1) is 0 Å². The Morgan fingerprint density at radius 2 is 2.35 bits per heavy atom. The minimum Gasteiger partial charge on any atom is -0.394 e. The summed E-state index contributed by atoms with van der Waals surface area (Å²) >= 11 is 3.26. The van der Waals surface area contributed by atoms with Gasteiger partial charge >= 0.3 is 0 Å². The fraction of sp³-hybridized carbons (Fsp3) is 0.636. The van der Waals surface area contributed by atoms with Gasteiger partial charge < -0.3 is 10.4 Å². The molecule has 5 nitrogen and oxygen atoms in total. The molecule has 0 aliphatic heterocycles. The highest BCUT2D eigenvalue weighted by Crippen LogP contribution is 2.17. The Morgan fingerprint density at radius 1 is 1.65 bits per heavy atom. The summed E-state index contributed by atoms with van der Waals surface area (Å²) in [5, 5.41) is 16.1. The molecule has 0 aliphatic rings. The highest BCUT2D eigenvalue weighted by Gasteiger charge is 2.10. The Balaban J connectivity index is 2.90. The van der Waals surface area contributed by atoms with Gasteiger partial charge in [0.2, 0.25) is 0 Å². The van der Waals surface area contributed by atoms with Gasteiger partial charge in [-0.3, -0.25) is 4.79 Å². The van der Waals surface area contributed by atoms with E-state index >= 15 is 0 Å². The first-order chi connectivity index (χ1) is 8.10. The largest absolute Gasteiger partial charge is 0.394 e.